The number of aryl methyl sites for hydroxylation is 1. The first-order valence-electron chi connectivity index (χ1n) is 9.66. The summed E-state index contributed by atoms with van der Waals surface area (Å²) in [4.78, 5) is 44.9. The number of fused-ring (bicyclic) bond motifs is 1. The molecule has 0 saturated heterocycles. The number of amides is 2. The summed E-state index contributed by atoms with van der Waals surface area (Å²) in [6.45, 7) is 1.94. The average Bonchev–Trinajstić information content (AvgIpc) is 2.75. The minimum Gasteiger partial charge on any atom is -0.495 e. The van der Waals surface area contributed by atoms with Gasteiger partial charge in [0.05, 0.1) is 24.3 Å². The first-order chi connectivity index (χ1) is 14.9. The molecule has 1 aliphatic rings. The van der Waals surface area contributed by atoms with Crippen LogP contribution in [0.5, 0.6) is 5.75 Å². The van der Waals surface area contributed by atoms with Crippen molar-refractivity contribution in [1.82, 2.24) is 9.97 Å². The predicted octanol–water partition coefficient (Wildman–Crippen LogP) is 2.90. The summed E-state index contributed by atoms with van der Waals surface area (Å²) < 4.78 is 5.28. The van der Waals surface area contributed by atoms with Crippen molar-refractivity contribution >= 4 is 35.0 Å². The quantitative estimate of drug-likeness (QED) is 0.504. The van der Waals surface area contributed by atoms with Gasteiger partial charge < -0.3 is 20.7 Å². The minimum absolute atomic E-state index is 0.0569. The molecule has 1 atom stereocenters. The van der Waals surface area contributed by atoms with Crippen LogP contribution in [0.3, 0.4) is 0 Å². The topological polar surface area (TPSA) is 125 Å². The number of hydrogen-bond acceptors (Lipinski definition) is 6. The zero-order chi connectivity index (χ0) is 22.0. The maximum atomic E-state index is 12.9. The zero-order valence-corrected chi connectivity index (χ0v) is 17.0. The maximum absolute atomic E-state index is 12.9. The van der Waals surface area contributed by atoms with Gasteiger partial charge in [0.2, 0.25) is 17.8 Å². The third kappa shape index (κ3) is 4.25. The van der Waals surface area contributed by atoms with Gasteiger partial charge in [-0.2, -0.15) is 4.98 Å². The van der Waals surface area contributed by atoms with Gasteiger partial charge in [0.25, 0.3) is 5.56 Å². The van der Waals surface area contributed by atoms with Crippen LogP contribution >= 0.6 is 0 Å². The minimum atomic E-state index is -0.957. The number of ether oxygens (including phenoxy) is 1. The number of aromatic amines is 1. The normalized spacial score (nSPS) is 14.9. The number of rotatable bonds is 5. The standard InChI is InChI=1S/C22H21N5O4/c1-12-7-9-13(10-8-12)23-20(29)14-11-17(28)25-19-18(14)21(30)27-22(26-19)24-15-5-3-4-6-16(15)31-2/h3-10,14H,11H2,1-2H3,(H,23,29)(H3,24,25,26,27,28,30). The second-order valence-corrected chi connectivity index (χ2v) is 7.16. The number of nitrogens with one attached hydrogen (secondary N) is 4. The maximum Gasteiger partial charge on any atom is 0.258 e. The van der Waals surface area contributed by atoms with Crippen LogP contribution in [-0.2, 0) is 9.59 Å². The van der Waals surface area contributed by atoms with Crippen LogP contribution in [0.15, 0.2) is 53.3 Å². The van der Waals surface area contributed by atoms with E-state index in [1.165, 1.54) is 7.11 Å². The number of para-hydroxylation sites is 2. The zero-order valence-electron chi connectivity index (χ0n) is 17.0. The highest BCUT2D eigenvalue weighted by molar-refractivity contribution is 6.04. The third-order valence-corrected chi connectivity index (χ3v) is 4.95. The summed E-state index contributed by atoms with van der Waals surface area (Å²) in [6, 6.07) is 14.4. The molecule has 1 unspecified atom stereocenters. The Morgan fingerprint density at radius 2 is 1.87 bits per heavy atom. The highest BCUT2D eigenvalue weighted by Crippen LogP contribution is 2.31. The molecular formula is C22H21N5O4. The fourth-order valence-corrected chi connectivity index (χ4v) is 3.40. The van der Waals surface area contributed by atoms with Crippen molar-refractivity contribution in [2.75, 3.05) is 23.1 Å². The Hall–Kier alpha value is -4.14. The first-order valence-corrected chi connectivity index (χ1v) is 9.66. The lowest BCUT2D eigenvalue weighted by Crippen LogP contribution is -2.36. The molecule has 4 rings (SSSR count). The van der Waals surface area contributed by atoms with E-state index in [1.807, 2.05) is 25.1 Å². The van der Waals surface area contributed by atoms with E-state index in [0.717, 1.165) is 5.56 Å². The van der Waals surface area contributed by atoms with Crippen molar-refractivity contribution in [3.63, 3.8) is 0 Å². The Morgan fingerprint density at radius 1 is 1.13 bits per heavy atom. The predicted molar refractivity (Wildman–Crippen MR) is 117 cm³/mol. The van der Waals surface area contributed by atoms with Gasteiger partial charge in [-0.3, -0.25) is 19.4 Å². The first kappa shape index (κ1) is 20.1. The van der Waals surface area contributed by atoms with Gasteiger partial charge in [-0.05, 0) is 31.2 Å². The van der Waals surface area contributed by atoms with E-state index in [1.54, 1.807) is 30.3 Å². The van der Waals surface area contributed by atoms with Crippen LogP contribution in [0.4, 0.5) is 23.1 Å². The van der Waals surface area contributed by atoms with Crippen LogP contribution < -0.4 is 26.2 Å². The summed E-state index contributed by atoms with van der Waals surface area (Å²) >= 11 is 0. The summed E-state index contributed by atoms with van der Waals surface area (Å²) in [7, 11) is 1.53. The molecule has 4 N–H and O–H groups in total. The van der Waals surface area contributed by atoms with Gasteiger partial charge >= 0.3 is 0 Å². The lowest BCUT2D eigenvalue weighted by molar-refractivity contribution is -0.123. The molecular weight excluding hydrogens is 398 g/mol. The van der Waals surface area contributed by atoms with Crippen molar-refractivity contribution in [2.45, 2.75) is 19.3 Å². The largest absolute Gasteiger partial charge is 0.495 e. The monoisotopic (exact) mass is 419 g/mol. The molecule has 2 aromatic carbocycles. The number of H-pyrrole nitrogens is 1. The van der Waals surface area contributed by atoms with E-state index in [2.05, 4.69) is 25.9 Å². The lowest BCUT2D eigenvalue weighted by atomic mass is 9.92. The Labute approximate surface area is 177 Å². The van der Waals surface area contributed by atoms with Gasteiger partial charge in [-0.25, -0.2) is 0 Å². The van der Waals surface area contributed by atoms with E-state index in [4.69, 9.17) is 4.74 Å². The van der Waals surface area contributed by atoms with Crippen molar-refractivity contribution in [3.8, 4) is 5.75 Å². The van der Waals surface area contributed by atoms with Gasteiger partial charge in [-0.1, -0.05) is 29.8 Å². The van der Waals surface area contributed by atoms with E-state index in [0.29, 0.717) is 17.1 Å². The highest BCUT2D eigenvalue weighted by Gasteiger charge is 2.34. The van der Waals surface area contributed by atoms with Crippen molar-refractivity contribution in [2.24, 2.45) is 0 Å². The molecule has 0 saturated carbocycles. The number of carbonyl (C=O) groups is 2. The Bertz CT molecular complexity index is 1200. The molecule has 1 aliphatic heterocycles. The molecule has 0 spiro atoms. The molecule has 2 heterocycles. The lowest BCUT2D eigenvalue weighted by Gasteiger charge is -2.23. The Morgan fingerprint density at radius 3 is 2.61 bits per heavy atom. The van der Waals surface area contributed by atoms with Gasteiger partial charge in [0.1, 0.15) is 11.6 Å². The number of methoxy groups -OCH3 is 1. The fourth-order valence-electron chi connectivity index (χ4n) is 3.40. The number of benzene rings is 2. The molecule has 9 heteroatoms. The number of hydrogen-bond donors (Lipinski definition) is 4. The molecule has 0 bridgehead atoms. The van der Waals surface area contributed by atoms with Crippen LogP contribution in [0.2, 0.25) is 0 Å². The molecule has 3 aromatic rings. The number of aromatic nitrogens is 2. The Kier molecular flexibility index (Phi) is 5.40. The van der Waals surface area contributed by atoms with E-state index >= 15 is 0 Å². The molecule has 0 aliphatic carbocycles. The van der Waals surface area contributed by atoms with Crippen LogP contribution in [0, 0.1) is 6.92 Å². The number of nitrogens with zero attached hydrogens (tertiary/aromatic N) is 1. The third-order valence-electron chi connectivity index (χ3n) is 4.95. The smallest absolute Gasteiger partial charge is 0.258 e. The molecule has 31 heavy (non-hydrogen) atoms. The van der Waals surface area contributed by atoms with Crippen molar-refractivity contribution in [1.29, 1.82) is 0 Å². The van der Waals surface area contributed by atoms with Crippen LogP contribution in [0.1, 0.15) is 23.5 Å². The van der Waals surface area contributed by atoms with Crippen LogP contribution in [-0.4, -0.2) is 28.9 Å². The van der Waals surface area contributed by atoms with Gasteiger partial charge in [-0.15, -0.1) is 0 Å². The van der Waals surface area contributed by atoms with Crippen molar-refractivity contribution in [3.05, 3.63) is 70.0 Å². The SMILES string of the molecule is COc1ccccc1Nc1nc2c(c(=O)[nH]1)C(C(=O)Nc1ccc(C)cc1)CC(=O)N2. The van der Waals surface area contributed by atoms with E-state index in [9.17, 15) is 14.4 Å². The molecule has 0 radical (unpaired) electrons. The highest BCUT2D eigenvalue weighted by atomic mass is 16.5. The molecule has 0 fully saturated rings. The fraction of sp³-hybridized carbons (Fsp3) is 0.182. The number of carbonyl (C=O) groups excluding carboxylic acids is 2. The summed E-state index contributed by atoms with van der Waals surface area (Å²) in [5, 5.41) is 8.33. The second kappa shape index (κ2) is 8.31. The van der Waals surface area contributed by atoms with E-state index in [-0.39, 0.29) is 23.8 Å². The summed E-state index contributed by atoms with van der Waals surface area (Å²) in [5.74, 6) is -1.06. The number of anilines is 4. The Balaban J connectivity index is 1.64. The van der Waals surface area contributed by atoms with Gasteiger partial charge in [0, 0.05) is 12.1 Å². The second-order valence-electron chi connectivity index (χ2n) is 7.16. The van der Waals surface area contributed by atoms with Crippen LogP contribution in [0.25, 0.3) is 0 Å². The average molecular weight is 419 g/mol. The summed E-state index contributed by atoms with van der Waals surface area (Å²) in [5.41, 5.74) is 1.84. The summed E-state index contributed by atoms with van der Waals surface area (Å²) in [6.07, 6.45) is -0.144. The van der Waals surface area contributed by atoms with Gasteiger partial charge in [0.15, 0.2) is 0 Å². The van der Waals surface area contributed by atoms with E-state index < -0.39 is 23.3 Å². The molecule has 158 valence electrons. The molecule has 9 nitrogen and oxygen atoms in total. The molecule has 2 amide bonds. The molecule has 1 aromatic heterocycles. The van der Waals surface area contributed by atoms with Crippen molar-refractivity contribution < 1.29 is 14.3 Å².